The lowest BCUT2D eigenvalue weighted by Crippen LogP contribution is -2.37. The summed E-state index contributed by atoms with van der Waals surface area (Å²) >= 11 is 0. The summed E-state index contributed by atoms with van der Waals surface area (Å²) < 4.78 is 0. The molecule has 1 amide bonds. The number of hydrogen-bond donors (Lipinski definition) is 0. The third-order valence-electron chi connectivity index (χ3n) is 2.05. The molecule has 70 valence electrons. The average molecular weight is 169 g/mol. The van der Waals surface area contributed by atoms with Crippen molar-refractivity contribution in [2.24, 2.45) is 0 Å². The Morgan fingerprint density at radius 1 is 1.58 bits per heavy atom. The van der Waals surface area contributed by atoms with Gasteiger partial charge in [0.05, 0.1) is 0 Å². The van der Waals surface area contributed by atoms with Crippen molar-refractivity contribution in [1.29, 1.82) is 0 Å². The van der Waals surface area contributed by atoms with Gasteiger partial charge >= 0.3 is 0 Å². The molecule has 1 unspecified atom stereocenters. The first-order chi connectivity index (χ1) is 5.67. The molecule has 0 aliphatic carbocycles. The van der Waals surface area contributed by atoms with Crippen LogP contribution in [0.25, 0.3) is 0 Å². The molecule has 12 heavy (non-hydrogen) atoms. The van der Waals surface area contributed by atoms with E-state index in [9.17, 15) is 4.79 Å². The van der Waals surface area contributed by atoms with E-state index in [0.29, 0.717) is 6.04 Å². The van der Waals surface area contributed by atoms with Crippen molar-refractivity contribution in [3.05, 3.63) is 12.7 Å². The van der Waals surface area contributed by atoms with Gasteiger partial charge in [-0.15, -0.1) is 0 Å². The maximum Gasteiger partial charge on any atom is 0.246 e. The minimum absolute atomic E-state index is 0.0474. The Bertz CT molecular complexity index is 154. The van der Waals surface area contributed by atoms with E-state index in [2.05, 4.69) is 27.4 Å². The zero-order valence-electron chi connectivity index (χ0n) is 8.34. The van der Waals surface area contributed by atoms with Crippen molar-refractivity contribution in [3.8, 4) is 0 Å². The van der Waals surface area contributed by atoms with Gasteiger partial charge in [-0.3, -0.25) is 4.79 Å². The lowest BCUT2D eigenvalue weighted by Gasteiger charge is -2.26. The third-order valence-corrected chi connectivity index (χ3v) is 2.05. The number of amides is 1. The van der Waals surface area contributed by atoms with Crippen molar-refractivity contribution < 1.29 is 4.79 Å². The first-order valence-electron chi connectivity index (χ1n) is 4.60. The van der Waals surface area contributed by atoms with E-state index in [1.165, 1.54) is 6.08 Å². The van der Waals surface area contributed by atoms with Gasteiger partial charge in [0.25, 0.3) is 0 Å². The first kappa shape index (κ1) is 11.2. The fraction of sp³-hybridized carbons (Fsp3) is 0.700. The van der Waals surface area contributed by atoms with Crippen LogP contribution in [0.1, 0.15) is 33.6 Å². The number of nitrogens with zero attached hydrogens (tertiary/aromatic N) is 1. The van der Waals surface area contributed by atoms with Crippen LogP contribution in [-0.4, -0.2) is 23.4 Å². The van der Waals surface area contributed by atoms with Gasteiger partial charge in [-0.1, -0.05) is 20.4 Å². The summed E-state index contributed by atoms with van der Waals surface area (Å²) in [5.74, 6) is 0.0474. The molecular weight excluding hydrogens is 150 g/mol. The maximum atomic E-state index is 11.3. The Balaban J connectivity index is 4.20. The second-order valence-corrected chi connectivity index (χ2v) is 2.99. The van der Waals surface area contributed by atoms with Crippen molar-refractivity contribution >= 4 is 5.91 Å². The van der Waals surface area contributed by atoms with Gasteiger partial charge in [0.2, 0.25) is 5.91 Å². The van der Waals surface area contributed by atoms with E-state index in [4.69, 9.17) is 0 Å². The molecule has 0 heterocycles. The summed E-state index contributed by atoms with van der Waals surface area (Å²) in [5, 5.41) is 0. The molecule has 0 radical (unpaired) electrons. The fourth-order valence-electron chi connectivity index (χ4n) is 1.13. The minimum atomic E-state index is 0.0474. The van der Waals surface area contributed by atoms with E-state index in [1.54, 1.807) is 0 Å². The van der Waals surface area contributed by atoms with Gasteiger partial charge in [-0.05, 0) is 25.8 Å². The topological polar surface area (TPSA) is 20.3 Å². The molecule has 0 bridgehead atoms. The van der Waals surface area contributed by atoms with Crippen LogP contribution in [0.2, 0.25) is 0 Å². The van der Waals surface area contributed by atoms with Crippen LogP contribution in [0.4, 0.5) is 0 Å². The van der Waals surface area contributed by atoms with Crippen LogP contribution in [0, 0.1) is 0 Å². The van der Waals surface area contributed by atoms with Crippen molar-refractivity contribution in [2.45, 2.75) is 39.7 Å². The zero-order valence-corrected chi connectivity index (χ0v) is 8.34. The Morgan fingerprint density at radius 3 is 2.50 bits per heavy atom. The van der Waals surface area contributed by atoms with Crippen LogP contribution < -0.4 is 0 Å². The molecule has 0 fully saturated rings. The van der Waals surface area contributed by atoms with Crippen LogP contribution >= 0.6 is 0 Å². The molecule has 0 aromatic heterocycles. The quantitative estimate of drug-likeness (QED) is 0.578. The SMILES string of the molecule is C=CC(=O)N(CCC)C(C)CC. The fourth-order valence-corrected chi connectivity index (χ4v) is 1.13. The molecule has 0 saturated carbocycles. The second kappa shape index (κ2) is 5.81. The van der Waals surface area contributed by atoms with Crippen LogP contribution in [0.3, 0.4) is 0 Å². The van der Waals surface area contributed by atoms with Gasteiger partial charge < -0.3 is 4.90 Å². The van der Waals surface area contributed by atoms with Gasteiger partial charge in [0, 0.05) is 12.6 Å². The number of carbonyl (C=O) groups is 1. The standard InChI is InChI=1S/C10H19NO/c1-5-8-11(9(4)6-2)10(12)7-3/h7,9H,3,5-6,8H2,1-2,4H3. The maximum absolute atomic E-state index is 11.3. The highest BCUT2D eigenvalue weighted by Gasteiger charge is 2.14. The molecule has 0 aromatic carbocycles. The largest absolute Gasteiger partial charge is 0.337 e. The normalized spacial score (nSPS) is 12.2. The van der Waals surface area contributed by atoms with Crippen LogP contribution in [-0.2, 0) is 4.79 Å². The van der Waals surface area contributed by atoms with E-state index in [1.807, 2.05) is 4.90 Å². The predicted octanol–water partition coefficient (Wildman–Crippen LogP) is 2.21. The summed E-state index contributed by atoms with van der Waals surface area (Å²) in [4.78, 5) is 13.2. The number of hydrogen-bond acceptors (Lipinski definition) is 1. The highest BCUT2D eigenvalue weighted by atomic mass is 16.2. The smallest absolute Gasteiger partial charge is 0.246 e. The Morgan fingerprint density at radius 2 is 2.17 bits per heavy atom. The van der Waals surface area contributed by atoms with E-state index < -0.39 is 0 Å². The molecule has 0 spiro atoms. The second-order valence-electron chi connectivity index (χ2n) is 2.99. The molecule has 0 aromatic rings. The monoisotopic (exact) mass is 169 g/mol. The lowest BCUT2D eigenvalue weighted by molar-refractivity contribution is -0.128. The summed E-state index contributed by atoms with van der Waals surface area (Å²) in [7, 11) is 0. The predicted molar refractivity (Wildman–Crippen MR) is 52.0 cm³/mol. The molecule has 0 saturated heterocycles. The third kappa shape index (κ3) is 3.07. The molecular formula is C10H19NO. The Kier molecular flexibility index (Phi) is 5.43. The lowest BCUT2D eigenvalue weighted by atomic mass is 10.2. The van der Waals surface area contributed by atoms with Crippen molar-refractivity contribution in [3.63, 3.8) is 0 Å². The summed E-state index contributed by atoms with van der Waals surface area (Å²) in [6.07, 6.45) is 3.39. The van der Waals surface area contributed by atoms with Crippen molar-refractivity contribution in [2.75, 3.05) is 6.54 Å². The van der Waals surface area contributed by atoms with Gasteiger partial charge in [-0.2, -0.15) is 0 Å². The Labute approximate surface area is 75.3 Å². The number of rotatable bonds is 5. The summed E-state index contributed by atoms with van der Waals surface area (Å²) in [6.45, 7) is 10.6. The summed E-state index contributed by atoms with van der Waals surface area (Å²) in [6, 6.07) is 0.329. The molecule has 2 heteroatoms. The van der Waals surface area contributed by atoms with Gasteiger partial charge in [-0.25, -0.2) is 0 Å². The van der Waals surface area contributed by atoms with Crippen LogP contribution in [0.15, 0.2) is 12.7 Å². The van der Waals surface area contributed by atoms with Gasteiger partial charge in [0.1, 0.15) is 0 Å². The van der Waals surface area contributed by atoms with Gasteiger partial charge in [0.15, 0.2) is 0 Å². The molecule has 0 aliphatic heterocycles. The zero-order chi connectivity index (χ0) is 9.56. The molecule has 2 nitrogen and oxygen atoms in total. The van der Waals surface area contributed by atoms with E-state index in [-0.39, 0.29) is 5.91 Å². The summed E-state index contributed by atoms with van der Waals surface area (Å²) in [5.41, 5.74) is 0. The van der Waals surface area contributed by atoms with E-state index in [0.717, 1.165) is 19.4 Å². The average Bonchev–Trinajstić information content (AvgIpc) is 2.11. The highest BCUT2D eigenvalue weighted by molar-refractivity contribution is 5.87. The molecule has 1 atom stereocenters. The Hall–Kier alpha value is -0.790. The first-order valence-corrected chi connectivity index (χ1v) is 4.60. The highest BCUT2D eigenvalue weighted by Crippen LogP contribution is 2.05. The molecule has 0 aliphatic rings. The molecule has 0 N–H and O–H groups in total. The minimum Gasteiger partial charge on any atom is -0.337 e. The molecule has 0 rings (SSSR count). The van der Waals surface area contributed by atoms with E-state index >= 15 is 0 Å². The van der Waals surface area contributed by atoms with Crippen molar-refractivity contribution in [1.82, 2.24) is 4.90 Å². The van der Waals surface area contributed by atoms with Crippen LogP contribution in [0.5, 0.6) is 0 Å². The number of carbonyl (C=O) groups excluding carboxylic acids is 1.